The maximum absolute atomic E-state index is 12.1. The zero-order valence-electron chi connectivity index (χ0n) is 13.2. The van der Waals surface area contributed by atoms with Crippen molar-refractivity contribution in [3.05, 3.63) is 0 Å². The number of likely N-dealkylation sites (tertiary alicyclic amines) is 1. The number of hydrogen-bond donors (Lipinski definition) is 2. The van der Waals surface area contributed by atoms with Crippen molar-refractivity contribution >= 4 is 5.91 Å². The maximum Gasteiger partial charge on any atom is 0.239 e. The fourth-order valence-corrected chi connectivity index (χ4v) is 3.55. The van der Waals surface area contributed by atoms with Gasteiger partial charge in [-0.2, -0.15) is 0 Å². The summed E-state index contributed by atoms with van der Waals surface area (Å²) in [7, 11) is 4.32. The van der Waals surface area contributed by atoms with Crippen LogP contribution < -0.4 is 11.1 Å². The molecule has 0 bridgehead atoms. The maximum atomic E-state index is 12.1. The molecule has 116 valence electrons. The summed E-state index contributed by atoms with van der Waals surface area (Å²) in [5.41, 5.74) is 5.24. The molecular formula is C15H30N4O. The molecule has 0 spiro atoms. The van der Waals surface area contributed by atoms with E-state index in [1.54, 1.807) is 0 Å². The molecule has 1 unspecified atom stereocenters. The van der Waals surface area contributed by atoms with Gasteiger partial charge in [0.05, 0.1) is 0 Å². The van der Waals surface area contributed by atoms with E-state index in [9.17, 15) is 4.79 Å². The molecule has 1 aliphatic heterocycles. The Kier molecular flexibility index (Phi) is 5.04. The van der Waals surface area contributed by atoms with Gasteiger partial charge in [0.15, 0.2) is 0 Å². The molecule has 1 atom stereocenters. The van der Waals surface area contributed by atoms with E-state index in [0.717, 1.165) is 39.0 Å². The molecule has 20 heavy (non-hydrogen) atoms. The average Bonchev–Trinajstić information content (AvgIpc) is 3.23. The van der Waals surface area contributed by atoms with Crippen molar-refractivity contribution in [3.63, 3.8) is 0 Å². The van der Waals surface area contributed by atoms with Gasteiger partial charge in [-0.3, -0.25) is 4.79 Å². The third kappa shape index (κ3) is 3.32. The number of nitrogens with one attached hydrogen (secondary N) is 1. The van der Waals surface area contributed by atoms with Gasteiger partial charge in [0.25, 0.3) is 0 Å². The predicted octanol–water partition coefficient (Wildman–Crippen LogP) is 0.256. The smallest absolute Gasteiger partial charge is 0.239 e. The van der Waals surface area contributed by atoms with Crippen molar-refractivity contribution in [2.75, 3.05) is 40.3 Å². The molecule has 5 heteroatoms. The molecule has 0 aromatic rings. The summed E-state index contributed by atoms with van der Waals surface area (Å²) < 4.78 is 0. The molecule has 0 aromatic heterocycles. The van der Waals surface area contributed by atoms with E-state index in [4.69, 9.17) is 5.73 Å². The summed E-state index contributed by atoms with van der Waals surface area (Å²) in [4.78, 5) is 16.8. The molecule has 1 amide bonds. The Morgan fingerprint density at radius 3 is 2.40 bits per heavy atom. The van der Waals surface area contributed by atoms with Gasteiger partial charge in [-0.15, -0.1) is 0 Å². The summed E-state index contributed by atoms with van der Waals surface area (Å²) in [5, 5.41) is 3.41. The normalized spacial score (nSPS) is 24.8. The Bertz CT molecular complexity index is 337. The van der Waals surface area contributed by atoms with Gasteiger partial charge in [0.1, 0.15) is 5.54 Å². The van der Waals surface area contributed by atoms with Crippen molar-refractivity contribution < 1.29 is 4.79 Å². The molecule has 5 nitrogen and oxygen atoms in total. The zero-order valence-corrected chi connectivity index (χ0v) is 13.2. The van der Waals surface area contributed by atoms with Gasteiger partial charge in [0.2, 0.25) is 5.91 Å². The number of likely N-dealkylation sites (N-methyl/N-ethyl adjacent to an activating group) is 2. The van der Waals surface area contributed by atoms with Gasteiger partial charge in [-0.1, -0.05) is 6.92 Å². The number of rotatable bonds is 7. The number of piperidine rings is 1. The largest absolute Gasteiger partial charge is 0.368 e. The van der Waals surface area contributed by atoms with E-state index in [-0.39, 0.29) is 5.91 Å². The lowest BCUT2D eigenvalue weighted by Crippen LogP contribution is -2.64. The second-order valence-electron chi connectivity index (χ2n) is 6.59. The Morgan fingerprint density at radius 1 is 1.35 bits per heavy atom. The summed E-state index contributed by atoms with van der Waals surface area (Å²) in [5.74, 6) is 0.246. The first-order chi connectivity index (χ1) is 9.49. The van der Waals surface area contributed by atoms with Crippen LogP contribution in [0.2, 0.25) is 0 Å². The molecule has 1 saturated carbocycles. The highest BCUT2D eigenvalue weighted by atomic mass is 16.1. The summed E-state index contributed by atoms with van der Waals surface area (Å²) in [6, 6.07) is 0.572. The summed E-state index contributed by atoms with van der Waals surface area (Å²) in [6.45, 7) is 5.87. The minimum Gasteiger partial charge on any atom is -0.368 e. The molecule has 1 heterocycles. The van der Waals surface area contributed by atoms with Crippen molar-refractivity contribution in [1.29, 1.82) is 0 Å². The molecule has 0 radical (unpaired) electrons. The lowest BCUT2D eigenvalue weighted by molar-refractivity contribution is -0.126. The van der Waals surface area contributed by atoms with Crippen LogP contribution in [0.5, 0.6) is 0 Å². The van der Waals surface area contributed by atoms with Gasteiger partial charge in [-0.05, 0) is 65.3 Å². The summed E-state index contributed by atoms with van der Waals surface area (Å²) >= 11 is 0. The highest BCUT2D eigenvalue weighted by Crippen LogP contribution is 2.40. The third-order valence-corrected chi connectivity index (χ3v) is 5.02. The van der Waals surface area contributed by atoms with Crippen LogP contribution in [0.1, 0.15) is 32.6 Å². The van der Waals surface area contributed by atoms with Crippen LogP contribution in [0.15, 0.2) is 0 Å². The SMILES string of the molecule is CCNC(CN(C)C1CCN(C)CC1)(C(N)=O)C1CC1. The van der Waals surface area contributed by atoms with E-state index in [1.807, 2.05) is 0 Å². The molecule has 2 rings (SSSR count). The Hall–Kier alpha value is -0.650. The Morgan fingerprint density at radius 2 is 1.95 bits per heavy atom. The Labute approximate surface area is 122 Å². The molecule has 1 saturated heterocycles. The first-order valence-corrected chi connectivity index (χ1v) is 7.93. The fourth-order valence-electron chi connectivity index (χ4n) is 3.55. The average molecular weight is 282 g/mol. The monoisotopic (exact) mass is 282 g/mol. The highest BCUT2D eigenvalue weighted by Gasteiger charge is 2.50. The number of nitrogens with two attached hydrogens (primary N) is 1. The predicted molar refractivity (Wildman–Crippen MR) is 81.5 cm³/mol. The third-order valence-electron chi connectivity index (χ3n) is 5.02. The molecule has 2 aliphatic rings. The van der Waals surface area contributed by atoms with Crippen LogP contribution >= 0.6 is 0 Å². The molecule has 0 aromatic carbocycles. The van der Waals surface area contributed by atoms with E-state index < -0.39 is 5.54 Å². The lowest BCUT2D eigenvalue weighted by atomic mass is 9.90. The number of amides is 1. The van der Waals surface area contributed by atoms with Crippen LogP contribution in [0.3, 0.4) is 0 Å². The van der Waals surface area contributed by atoms with Crippen LogP contribution in [-0.2, 0) is 4.79 Å². The van der Waals surface area contributed by atoms with Gasteiger partial charge in [0, 0.05) is 12.6 Å². The first-order valence-electron chi connectivity index (χ1n) is 7.93. The van der Waals surface area contributed by atoms with Crippen molar-refractivity contribution in [3.8, 4) is 0 Å². The minimum absolute atomic E-state index is 0.179. The lowest BCUT2D eigenvalue weighted by Gasteiger charge is -2.41. The fraction of sp³-hybridized carbons (Fsp3) is 0.933. The molecule has 1 aliphatic carbocycles. The van der Waals surface area contributed by atoms with Crippen LogP contribution in [0.25, 0.3) is 0 Å². The molecular weight excluding hydrogens is 252 g/mol. The van der Waals surface area contributed by atoms with Crippen molar-refractivity contribution in [1.82, 2.24) is 15.1 Å². The zero-order chi connectivity index (χ0) is 14.8. The van der Waals surface area contributed by atoms with Crippen molar-refractivity contribution in [2.45, 2.75) is 44.2 Å². The van der Waals surface area contributed by atoms with E-state index >= 15 is 0 Å². The standard InChI is InChI=1S/C15H30N4O/c1-4-17-15(14(16)20,12-5-6-12)11-19(3)13-7-9-18(2)10-8-13/h12-13,17H,4-11H2,1-3H3,(H2,16,20). The van der Waals surface area contributed by atoms with Gasteiger partial charge in [-0.25, -0.2) is 0 Å². The second kappa shape index (κ2) is 6.41. The van der Waals surface area contributed by atoms with Gasteiger partial charge >= 0.3 is 0 Å². The number of nitrogens with zero attached hydrogens (tertiary/aromatic N) is 2. The highest BCUT2D eigenvalue weighted by molar-refractivity contribution is 5.86. The molecule has 2 fully saturated rings. The number of carbonyl (C=O) groups is 1. The first kappa shape index (κ1) is 15.7. The van der Waals surface area contributed by atoms with E-state index in [0.29, 0.717) is 12.0 Å². The number of primary amides is 1. The van der Waals surface area contributed by atoms with Crippen molar-refractivity contribution in [2.24, 2.45) is 11.7 Å². The van der Waals surface area contributed by atoms with Gasteiger partial charge < -0.3 is 20.9 Å². The van der Waals surface area contributed by atoms with Crippen LogP contribution in [-0.4, -0.2) is 67.6 Å². The van der Waals surface area contributed by atoms with E-state index in [2.05, 4.69) is 36.1 Å². The van der Waals surface area contributed by atoms with E-state index in [1.165, 1.54) is 12.8 Å². The second-order valence-corrected chi connectivity index (χ2v) is 6.59. The number of carbonyl (C=O) groups excluding carboxylic acids is 1. The molecule has 3 N–H and O–H groups in total. The van der Waals surface area contributed by atoms with Crippen LogP contribution in [0, 0.1) is 5.92 Å². The topological polar surface area (TPSA) is 61.6 Å². The van der Waals surface area contributed by atoms with Crippen LogP contribution in [0.4, 0.5) is 0 Å². The number of hydrogen-bond acceptors (Lipinski definition) is 4. The minimum atomic E-state index is -0.521. The summed E-state index contributed by atoms with van der Waals surface area (Å²) in [6.07, 6.45) is 4.60. The quantitative estimate of drug-likeness (QED) is 0.703. The Balaban J connectivity index is 2.01.